The number of ether oxygens (including phenoxy) is 2. The van der Waals surface area contributed by atoms with Crippen molar-refractivity contribution in [3.63, 3.8) is 0 Å². The molecular weight excluding hydrogens is 438 g/mol. The molecule has 0 spiro atoms. The molecule has 0 radical (unpaired) electrons. The van der Waals surface area contributed by atoms with Crippen molar-refractivity contribution in [2.45, 2.75) is 31.6 Å². The normalized spacial score (nSPS) is 14.8. The van der Waals surface area contributed by atoms with Crippen molar-refractivity contribution >= 4 is 28.3 Å². The highest BCUT2D eigenvalue weighted by atomic mass is 32.1. The zero-order valence-corrected chi connectivity index (χ0v) is 19.5. The fraction of sp³-hybridized carbons (Fsp3) is 0.320. The zero-order valence-electron chi connectivity index (χ0n) is 18.7. The molecule has 0 bridgehead atoms. The largest absolute Gasteiger partial charge is 0.497 e. The van der Waals surface area contributed by atoms with Crippen molar-refractivity contribution in [3.05, 3.63) is 70.2 Å². The Balaban J connectivity index is 1.36. The number of anilines is 1. The third-order valence-electron chi connectivity index (χ3n) is 5.72. The highest BCUT2D eigenvalue weighted by molar-refractivity contribution is 7.16. The smallest absolute Gasteiger partial charge is 0.257 e. The molecule has 0 unspecified atom stereocenters. The molecule has 2 N–H and O–H groups in total. The van der Waals surface area contributed by atoms with Crippen LogP contribution in [-0.2, 0) is 17.6 Å². The van der Waals surface area contributed by atoms with Crippen LogP contribution in [0.2, 0.25) is 0 Å². The Bertz CT molecular complexity index is 1110. The van der Waals surface area contributed by atoms with Crippen LogP contribution >= 0.6 is 11.3 Å². The van der Waals surface area contributed by atoms with Gasteiger partial charge in [0.25, 0.3) is 5.91 Å². The van der Waals surface area contributed by atoms with E-state index in [2.05, 4.69) is 15.6 Å². The van der Waals surface area contributed by atoms with E-state index >= 15 is 0 Å². The van der Waals surface area contributed by atoms with E-state index in [0.717, 1.165) is 47.6 Å². The molecule has 8 heteroatoms. The molecule has 1 heterocycles. The van der Waals surface area contributed by atoms with Gasteiger partial charge in [0.2, 0.25) is 5.91 Å². The summed E-state index contributed by atoms with van der Waals surface area (Å²) in [5.41, 5.74) is 2.45. The van der Waals surface area contributed by atoms with Crippen molar-refractivity contribution in [2.75, 3.05) is 26.1 Å². The molecule has 33 heavy (non-hydrogen) atoms. The van der Waals surface area contributed by atoms with Crippen LogP contribution in [0.15, 0.2) is 48.5 Å². The van der Waals surface area contributed by atoms with Gasteiger partial charge in [-0.3, -0.25) is 14.9 Å². The molecule has 172 valence electrons. The highest BCUT2D eigenvalue weighted by Gasteiger charge is 2.30. The molecule has 0 saturated carbocycles. The lowest BCUT2D eigenvalue weighted by Crippen LogP contribution is -2.32. The average molecular weight is 466 g/mol. The van der Waals surface area contributed by atoms with E-state index in [1.807, 2.05) is 24.3 Å². The summed E-state index contributed by atoms with van der Waals surface area (Å²) in [7, 11) is 3.23. The first-order chi connectivity index (χ1) is 16.1. The average Bonchev–Trinajstić information content (AvgIpc) is 3.26. The molecule has 1 atom stereocenters. The van der Waals surface area contributed by atoms with Crippen LogP contribution in [0.1, 0.15) is 45.3 Å². The SMILES string of the molecule is COc1ccc(CCNC(=O)[C@H]2CCCc3sc(NC(=O)c4ccc(OC)cc4)nc32)cc1. The first kappa shape index (κ1) is 22.8. The van der Waals surface area contributed by atoms with Crippen molar-refractivity contribution in [3.8, 4) is 11.5 Å². The molecule has 1 aliphatic rings. The minimum atomic E-state index is -0.285. The number of aromatic nitrogens is 1. The number of benzene rings is 2. The van der Waals surface area contributed by atoms with Gasteiger partial charge >= 0.3 is 0 Å². The summed E-state index contributed by atoms with van der Waals surface area (Å²) in [4.78, 5) is 31.2. The molecule has 2 aromatic carbocycles. The van der Waals surface area contributed by atoms with Gasteiger partial charge in [-0.1, -0.05) is 12.1 Å². The number of thiazole rings is 1. The minimum Gasteiger partial charge on any atom is -0.497 e. The molecule has 7 nitrogen and oxygen atoms in total. The van der Waals surface area contributed by atoms with E-state index in [9.17, 15) is 9.59 Å². The lowest BCUT2D eigenvalue weighted by Gasteiger charge is -2.20. The van der Waals surface area contributed by atoms with Crippen molar-refractivity contribution in [2.24, 2.45) is 0 Å². The standard InChI is InChI=1S/C25H27N3O4S/c1-31-18-10-6-16(7-11-18)14-15-26-24(30)20-4-3-5-21-22(20)27-25(33-21)28-23(29)17-8-12-19(32-2)13-9-17/h6-13,20H,3-5,14-15H2,1-2H3,(H,26,30)(H,27,28,29)/t20-/m0/s1. The van der Waals surface area contributed by atoms with Gasteiger partial charge in [-0.2, -0.15) is 0 Å². The summed E-state index contributed by atoms with van der Waals surface area (Å²) in [6.07, 6.45) is 3.31. The lowest BCUT2D eigenvalue weighted by atomic mass is 9.90. The lowest BCUT2D eigenvalue weighted by molar-refractivity contribution is -0.122. The Morgan fingerprint density at radius 3 is 2.36 bits per heavy atom. The van der Waals surface area contributed by atoms with Crippen LogP contribution in [-0.4, -0.2) is 37.6 Å². The van der Waals surface area contributed by atoms with Crippen LogP contribution in [0.25, 0.3) is 0 Å². The van der Waals surface area contributed by atoms with E-state index in [-0.39, 0.29) is 17.7 Å². The van der Waals surface area contributed by atoms with Crippen molar-refractivity contribution < 1.29 is 19.1 Å². The molecule has 2 amide bonds. The van der Waals surface area contributed by atoms with Gasteiger partial charge in [-0.05, 0) is 67.6 Å². The highest BCUT2D eigenvalue weighted by Crippen LogP contribution is 2.37. The second kappa shape index (κ2) is 10.5. The summed E-state index contributed by atoms with van der Waals surface area (Å²) < 4.78 is 10.3. The predicted octanol–water partition coefficient (Wildman–Crippen LogP) is 4.19. The minimum absolute atomic E-state index is 0.0113. The number of fused-ring (bicyclic) bond motifs is 1. The number of nitrogens with zero attached hydrogens (tertiary/aromatic N) is 1. The molecule has 0 aliphatic heterocycles. The quantitative estimate of drug-likeness (QED) is 0.521. The molecule has 3 aromatic rings. The van der Waals surface area contributed by atoms with Crippen molar-refractivity contribution in [1.29, 1.82) is 0 Å². The van der Waals surface area contributed by atoms with Gasteiger partial charge in [-0.25, -0.2) is 4.98 Å². The Hall–Kier alpha value is -3.39. The maximum absolute atomic E-state index is 12.9. The summed E-state index contributed by atoms with van der Waals surface area (Å²) in [6, 6.07) is 14.7. The first-order valence-electron chi connectivity index (χ1n) is 10.9. The van der Waals surface area contributed by atoms with Crippen LogP contribution in [0, 0.1) is 0 Å². The molecule has 4 rings (SSSR count). The Morgan fingerprint density at radius 1 is 1.03 bits per heavy atom. The molecule has 1 aromatic heterocycles. The Morgan fingerprint density at radius 2 is 1.70 bits per heavy atom. The predicted molar refractivity (Wildman–Crippen MR) is 128 cm³/mol. The number of amides is 2. The van der Waals surface area contributed by atoms with Crippen LogP contribution in [0.5, 0.6) is 11.5 Å². The number of rotatable bonds is 8. The number of methoxy groups -OCH3 is 2. The topological polar surface area (TPSA) is 89.6 Å². The first-order valence-corrected chi connectivity index (χ1v) is 11.7. The van der Waals surface area contributed by atoms with Crippen molar-refractivity contribution in [1.82, 2.24) is 10.3 Å². The molecule has 1 aliphatic carbocycles. The zero-order chi connectivity index (χ0) is 23.2. The van der Waals surface area contributed by atoms with Gasteiger partial charge in [0.1, 0.15) is 11.5 Å². The number of aryl methyl sites for hydroxylation is 1. The van der Waals surface area contributed by atoms with Gasteiger partial charge < -0.3 is 14.8 Å². The fourth-order valence-corrected chi connectivity index (χ4v) is 4.94. The second-order valence-electron chi connectivity index (χ2n) is 7.84. The summed E-state index contributed by atoms with van der Waals surface area (Å²) in [6.45, 7) is 0.558. The maximum Gasteiger partial charge on any atom is 0.257 e. The maximum atomic E-state index is 12.9. The number of hydrogen-bond donors (Lipinski definition) is 2. The van der Waals surface area contributed by atoms with E-state index in [0.29, 0.717) is 23.0 Å². The van der Waals surface area contributed by atoms with E-state index in [1.54, 1.807) is 38.5 Å². The third kappa shape index (κ3) is 5.51. The van der Waals surface area contributed by atoms with Gasteiger partial charge in [0, 0.05) is 17.0 Å². The van der Waals surface area contributed by atoms with Crippen LogP contribution < -0.4 is 20.1 Å². The monoisotopic (exact) mass is 465 g/mol. The third-order valence-corrected chi connectivity index (χ3v) is 6.76. The van der Waals surface area contributed by atoms with Crippen LogP contribution in [0.3, 0.4) is 0 Å². The fourth-order valence-electron chi connectivity index (χ4n) is 3.88. The van der Waals surface area contributed by atoms with E-state index in [4.69, 9.17) is 9.47 Å². The molecular formula is C25H27N3O4S. The van der Waals surface area contributed by atoms with Crippen LogP contribution in [0.4, 0.5) is 5.13 Å². The Labute approximate surface area is 197 Å². The van der Waals surface area contributed by atoms with Gasteiger partial charge in [0.05, 0.1) is 25.8 Å². The number of carbonyl (C=O) groups is 2. The second-order valence-corrected chi connectivity index (χ2v) is 8.93. The van der Waals surface area contributed by atoms with E-state index in [1.165, 1.54) is 11.3 Å². The number of carbonyl (C=O) groups excluding carboxylic acids is 2. The summed E-state index contributed by atoms with van der Waals surface area (Å²) >= 11 is 1.45. The number of nitrogens with one attached hydrogen (secondary N) is 2. The number of hydrogen-bond acceptors (Lipinski definition) is 6. The van der Waals surface area contributed by atoms with E-state index < -0.39 is 0 Å². The summed E-state index contributed by atoms with van der Waals surface area (Å²) in [5.74, 6) is 0.979. The molecule has 0 saturated heterocycles. The summed E-state index contributed by atoms with van der Waals surface area (Å²) in [5, 5.41) is 6.45. The molecule has 0 fully saturated rings. The van der Waals surface area contributed by atoms with Gasteiger partial charge in [-0.15, -0.1) is 11.3 Å². The van der Waals surface area contributed by atoms with Gasteiger partial charge in [0.15, 0.2) is 5.13 Å². The Kier molecular flexibility index (Phi) is 7.24.